The van der Waals surface area contributed by atoms with E-state index in [9.17, 15) is 13.2 Å². The molecule has 10 heteroatoms. The predicted octanol–water partition coefficient (Wildman–Crippen LogP) is 2.03. The van der Waals surface area contributed by atoms with Crippen LogP contribution in [0.5, 0.6) is 5.75 Å². The van der Waals surface area contributed by atoms with Crippen LogP contribution in [0.1, 0.15) is 9.75 Å². The van der Waals surface area contributed by atoms with Crippen molar-refractivity contribution in [1.82, 2.24) is 14.1 Å². The highest BCUT2D eigenvalue weighted by atomic mass is 32.2. The highest BCUT2D eigenvalue weighted by molar-refractivity contribution is 7.89. The standard InChI is InChI=1S/C23H32N4O4S2/c1-18-16-22(19(2)32-18)33(29,30)27-14-8-24(9-15-27)17-23(28)26-12-10-25(11-13-26)20-4-6-21(31-3)7-5-20/h4-7,16H,8-15,17H2,1-3H3. The van der Waals surface area contributed by atoms with E-state index >= 15 is 0 Å². The molecule has 33 heavy (non-hydrogen) atoms. The number of nitrogens with zero attached hydrogens (tertiary/aromatic N) is 4. The largest absolute Gasteiger partial charge is 0.497 e. The third-order valence-electron chi connectivity index (χ3n) is 6.37. The molecule has 2 aliphatic rings. The average Bonchev–Trinajstić information content (AvgIpc) is 3.18. The van der Waals surface area contributed by atoms with E-state index in [2.05, 4.69) is 9.80 Å². The number of sulfonamides is 1. The summed E-state index contributed by atoms with van der Waals surface area (Å²) < 4.78 is 32.8. The number of methoxy groups -OCH3 is 1. The normalized spacial score (nSPS) is 18.5. The third-order valence-corrected chi connectivity index (χ3v) is 9.49. The topological polar surface area (TPSA) is 73.4 Å². The Kier molecular flexibility index (Phi) is 7.28. The van der Waals surface area contributed by atoms with Crippen molar-refractivity contribution in [2.45, 2.75) is 18.7 Å². The van der Waals surface area contributed by atoms with E-state index in [0.29, 0.717) is 50.7 Å². The first-order valence-electron chi connectivity index (χ1n) is 11.2. The van der Waals surface area contributed by atoms with Crippen LogP contribution in [-0.2, 0) is 14.8 Å². The average molecular weight is 493 g/mol. The molecular formula is C23H32N4O4S2. The number of benzene rings is 1. The summed E-state index contributed by atoms with van der Waals surface area (Å²) in [4.78, 5) is 21.4. The fourth-order valence-electron chi connectivity index (χ4n) is 4.43. The maximum atomic E-state index is 13.0. The van der Waals surface area contributed by atoms with Crippen molar-refractivity contribution in [3.63, 3.8) is 0 Å². The second kappa shape index (κ2) is 10.0. The van der Waals surface area contributed by atoms with Gasteiger partial charge in [-0.2, -0.15) is 4.31 Å². The van der Waals surface area contributed by atoms with Gasteiger partial charge in [0.1, 0.15) is 5.75 Å². The van der Waals surface area contributed by atoms with Crippen LogP contribution in [0.4, 0.5) is 5.69 Å². The van der Waals surface area contributed by atoms with E-state index in [0.717, 1.165) is 34.3 Å². The zero-order chi connectivity index (χ0) is 23.6. The molecule has 2 fully saturated rings. The summed E-state index contributed by atoms with van der Waals surface area (Å²) in [5.74, 6) is 0.950. The van der Waals surface area contributed by atoms with Gasteiger partial charge in [-0.1, -0.05) is 0 Å². The van der Waals surface area contributed by atoms with Gasteiger partial charge in [-0.25, -0.2) is 8.42 Å². The van der Waals surface area contributed by atoms with E-state index in [-0.39, 0.29) is 5.91 Å². The monoisotopic (exact) mass is 492 g/mol. The molecule has 2 aliphatic heterocycles. The number of amides is 1. The van der Waals surface area contributed by atoms with Crippen molar-refractivity contribution in [3.05, 3.63) is 40.1 Å². The Balaban J connectivity index is 1.25. The van der Waals surface area contributed by atoms with Gasteiger partial charge < -0.3 is 14.5 Å². The highest BCUT2D eigenvalue weighted by Gasteiger charge is 2.32. The lowest BCUT2D eigenvalue weighted by molar-refractivity contribution is -0.133. The molecule has 4 rings (SSSR count). The Morgan fingerprint density at radius 3 is 2.15 bits per heavy atom. The van der Waals surface area contributed by atoms with Crippen LogP contribution in [0.3, 0.4) is 0 Å². The number of aryl methyl sites for hydroxylation is 2. The van der Waals surface area contributed by atoms with Gasteiger partial charge in [0.15, 0.2) is 0 Å². The van der Waals surface area contributed by atoms with Crippen LogP contribution in [0, 0.1) is 13.8 Å². The molecule has 0 spiro atoms. The van der Waals surface area contributed by atoms with Crippen molar-refractivity contribution in [1.29, 1.82) is 0 Å². The van der Waals surface area contributed by atoms with Gasteiger partial charge in [-0.05, 0) is 44.2 Å². The first-order chi connectivity index (χ1) is 15.8. The number of hydrogen-bond donors (Lipinski definition) is 0. The van der Waals surface area contributed by atoms with Gasteiger partial charge >= 0.3 is 0 Å². The number of anilines is 1. The predicted molar refractivity (Wildman–Crippen MR) is 131 cm³/mol. The molecule has 0 saturated carbocycles. The minimum absolute atomic E-state index is 0.116. The minimum Gasteiger partial charge on any atom is -0.497 e. The summed E-state index contributed by atoms with van der Waals surface area (Å²) in [5, 5.41) is 0. The zero-order valence-corrected chi connectivity index (χ0v) is 21.1. The highest BCUT2D eigenvalue weighted by Crippen LogP contribution is 2.28. The molecule has 0 aliphatic carbocycles. The van der Waals surface area contributed by atoms with E-state index in [1.165, 1.54) is 11.3 Å². The second-order valence-corrected chi connectivity index (χ2v) is 11.9. The molecule has 2 saturated heterocycles. The van der Waals surface area contributed by atoms with Gasteiger partial charge in [-0.3, -0.25) is 9.69 Å². The van der Waals surface area contributed by atoms with Crippen molar-refractivity contribution in [2.24, 2.45) is 0 Å². The molecule has 0 unspecified atom stereocenters. The van der Waals surface area contributed by atoms with E-state index in [1.54, 1.807) is 17.5 Å². The Hall–Kier alpha value is -2.14. The quantitative estimate of drug-likeness (QED) is 0.615. The minimum atomic E-state index is -3.47. The van der Waals surface area contributed by atoms with Crippen LogP contribution < -0.4 is 9.64 Å². The van der Waals surface area contributed by atoms with E-state index in [1.807, 2.05) is 43.0 Å². The van der Waals surface area contributed by atoms with Crippen LogP contribution in [0.2, 0.25) is 0 Å². The maximum absolute atomic E-state index is 13.0. The molecule has 3 heterocycles. The van der Waals surface area contributed by atoms with Crippen LogP contribution >= 0.6 is 11.3 Å². The summed E-state index contributed by atoms with van der Waals surface area (Å²) in [5.41, 5.74) is 1.14. The van der Waals surface area contributed by atoms with Gasteiger partial charge in [0.05, 0.1) is 18.6 Å². The van der Waals surface area contributed by atoms with E-state index < -0.39 is 10.0 Å². The number of thiophene rings is 1. The summed E-state index contributed by atoms with van der Waals surface area (Å²) in [6.07, 6.45) is 0. The van der Waals surface area contributed by atoms with Crippen molar-refractivity contribution in [3.8, 4) is 5.75 Å². The molecule has 1 aromatic carbocycles. The van der Waals surface area contributed by atoms with Crippen molar-refractivity contribution < 1.29 is 17.9 Å². The maximum Gasteiger partial charge on any atom is 0.244 e. The van der Waals surface area contributed by atoms with Crippen molar-refractivity contribution >= 4 is 33.0 Å². The summed E-state index contributed by atoms with van der Waals surface area (Å²) in [6, 6.07) is 9.75. The SMILES string of the molecule is COc1ccc(N2CCN(C(=O)CN3CCN(S(=O)(=O)c4cc(C)sc4C)CC3)CC2)cc1. The Bertz CT molecular complexity index is 1070. The Morgan fingerprint density at radius 2 is 1.61 bits per heavy atom. The summed E-state index contributed by atoms with van der Waals surface area (Å²) in [7, 11) is -1.82. The van der Waals surface area contributed by atoms with Crippen LogP contribution in [0.15, 0.2) is 35.2 Å². The first kappa shape index (κ1) is 24.0. The number of ether oxygens (including phenoxy) is 1. The lowest BCUT2D eigenvalue weighted by Crippen LogP contribution is -2.54. The van der Waals surface area contributed by atoms with Gasteiger partial charge in [0.2, 0.25) is 15.9 Å². The number of piperazine rings is 2. The Morgan fingerprint density at radius 1 is 0.970 bits per heavy atom. The fraction of sp³-hybridized carbons (Fsp3) is 0.522. The number of rotatable bonds is 6. The molecule has 0 bridgehead atoms. The lowest BCUT2D eigenvalue weighted by Gasteiger charge is -2.38. The zero-order valence-electron chi connectivity index (χ0n) is 19.5. The van der Waals surface area contributed by atoms with Crippen LogP contribution in [0.25, 0.3) is 0 Å². The molecular weight excluding hydrogens is 460 g/mol. The molecule has 0 radical (unpaired) electrons. The lowest BCUT2D eigenvalue weighted by atomic mass is 10.2. The smallest absolute Gasteiger partial charge is 0.244 e. The fourth-order valence-corrected chi connectivity index (χ4v) is 7.37. The Labute approximate surface area is 200 Å². The summed E-state index contributed by atoms with van der Waals surface area (Å²) in [6.45, 7) is 9.05. The van der Waals surface area contributed by atoms with Gasteiger partial charge in [0.25, 0.3) is 0 Å². The second-order valence-electron chi connectivity index (χ2n) is 8.52. The number of carbonyl (C=O) groups is 1. The third kappa shape index (κ3) is 5.34. The van der Waals surface area contributed by atoms with E-state index in [4.69, 9.17) is 4.74 Å². The molecule has 1 amide bonds. The molecule has 8 nitrogen and oxygen atoms in total. The first-order valence-corrected chi connectivity index (χ1v) is 13.5. The number of carbonyl (C=O) groups excluding carboxylic acids is 1. The van der Waals surface area contributed by atoms with Gasteiger partial charge in [-0.15, -0.1) is 11.3 Å². The molecule has 1 aromatic heterocycles. The van der Waals surface area contributed by atoms with Crippen LogP contribution in [-0.4, -0.2) is 94.4 Å². The molecule has 0 atom stereocenters. The summed E-state index contributed by atoms with van der Waals surface area (Å²) >= 11 is 1.51. The van der Waals surface area contributed by atoms with Crippen molar-refractivity contribution in [2.75, 3.05) is 70.9 Å². The van der Waals surface area contributed by atoms with Gasteiger partial charge in [0, 0.05) is 67.8 Å². The number of hydrogen-bond acceptors (Lipinski definition) is 7. The molecule has 2 aromatic rings. The molecule has 0 N–H and O–H groups in total. The molecule has 180 valence electrons.